The van der Waals surface area contributed by atoms with Crippen molar-refractivity contribution in [1.82, 2.24) is 4.98 Å². The Morgan fingerprint density at radius 3 is 3.06 bits per heavy atom. The molecule has 1 N–H and O–H groups in total. The van der Waals surface area contributed by atoms with E-state index < -0.39 is 5.97 Å². The van der Waals surface area contributed by atoms with E-state index in [1.54, 1.807) is 11.8 Å². The average Bonchev–Trinajstić information content (AvgIpc) is 2.54. The van der Waals surface area contributed by atoms with Crippen molar-refractivity contribution in [1.29, 1.82) is 0 Å². The van der Waals surface area contributed by atoms with E-state index in [4.69, 9.17) is 5.11 Å². The van der Waals surface area contributed by atoms with Crippen molar-refractivity contribution < 1.29 is 9.90 Å². The highest BCUT2D eigenvalue weighted by atomic mass is 32.2. The van der Waals surface area contributed by atoms with Gasteiger partial charge in [0.05, 0.1) is 12.1 Å². The van der Waals surface area contributed by atoms with Crippen LogP contribution in [0.1, 0.15) is 23.4 Å². The third kappa shape index (κ3) is 4.37. The molecule has 0 aromatic carbocycles. The summed E-state index contributed by atoms with van der Waals surface area (Å²) in [6, 6.07) is 0. The molecule has 0 unspecified atom stereocenters. The number of allylic oxidation sites excluding steroid dienone is 1. The largest absolute Gasteiger partial charge is 0.481 e. The first-order chi connectivity index (χ1) is 7.63. The molecule has 0 fully saturated rings. The fourth-order valence-corrected chi connectivity index (χ4v) is 3.41. The zero-order valence-corrected chi connectivity index (χ0v) is 10.9. The highest BCUT2D eigenvalue weighted by molar-refractivity contribution is 8.01. The van der Waals surface area contributed by atoms with Crippen LogP contribution < -0.4 is 0 Å². The fourth-order valence-electron chi connectivity index (χ4n) is 1.15. The van der Waals surface area contributed by atoms with Gasteiger partial charge in [-0.2, -0.15) is 0 Å². The van der Waals surface area contributed by atoms with Crippen molar-refractivity contribution in [3.05, 3.63) is 23.2 Å². The van der Waals surface area contributed by atoms with Gasteiger partial charge < -0.3 is 5.11 Å². The molecule has 0 aliphatic rings. The number of carboxylic acid groups (broad SMARTS) is 1. The highest BCUT2D eigenvalue weighted by Crippen LogP contribution is 2.28. The van der Waals surface area contributed by atoms with Crippen molar-refractivity contribution in [2.45, 2.75) is 30.5 Å². The van der Waals surface area contributed by atoms with Gasteiger partial charge in [0.15, 0.2) is 0 Å². The molecular weight excluding hydrogens is 242 g/mol. The van der Waals surface area contributed by atoms with Crippen LogP contribution in [0.2, 0.25) is 0 Å². The van der Waals surface area contributed by atoms with Crippen molar-refractivity contribution in [3.63, 3.8) is 0 Å². The summed E-state index contributed by atoms with van der Waals surface area (Å²) in [4.78, 5) is 15.8. The number of hydrogen-bond acceptors (Lipinski definition) is 4. The summed E-state index contributed by atoms with van der Waals surface area (Å²) in [6.07, 6.45) is 4.08. The number of thioether (sulfide) groups is 1. The Morgan fingerprint density at radius 1 is 1.69 bits per heavy atom. The second-order valence-electron chi connectivity index (χ2n) is 3.34. The summed E-state index contributed by atoms with van der Waals surface area (Å²) in [5.74, 6) is 0.209. The van der Waals surface area contributed by atoms with Crippen LogP contribution in [0.15, 0.2) is 17.0 Å². The Balaban J connectivity index is 2.48. The number of aromatic nitrogens is 1. The number of nitrogens with zero attached hydrogens (tertiary/aromatic N) is 1. The van der Waals surface area contributed by atoms with Crippen molar-refractivity contribution in [2.75, 3.05) is 5.75 Å². The molecule has 0 aliphatic carbocycles. The Bertz CT molecular complexity index is 374. The Hall–Kier alpha value is -0.810. The molecule has 0 aliphatic heterocycles. The molecule has 0 radical (unpaired) electrons. The van der Waals surface area contributed by atoms with Gasteiger partial charge in [0.2, 0.25) is 0 Å². The lowest BCUT2D eigenvalue weighted by molar-refractivity contribution is -0.136. The minimum Gasteiger partial charge on any atom is -0.481 e. The fraction of sp³-hybridized carbons (Fsp3) is 0.455. The van der Waals surface area contributed by atoms with Gasteiger partial charge in [-0.1, -0.05) is 17.8 Å². The van der Waals surface area contributed by atoms with E-state index in [-0.39, 0.29) is 6.42 Å². The van der Waals surface area contributed by atoms with Crippen LogP contribution in [-0.2, 0) is 11.2 Å². The molecule has 0 bridgehead atoms. The standard InChI is InChI=1S/C11H15NO2S2/c1-3-4-5-6-15-11-12-8(2)9(16-11)7-10(13)14/h3H,1,4-7H2,2H3,(H,13,14). The van der Waals surface area contributed by atoms with Gasteiger partial charge in [0.1, 0.15) is 4.34 Å². The van der Waals surface area contributed by atoms with Crippen molar-refractivity contribution >= 4 is 29.1 Å². The molecule has 1 rings (SSSR count). The van der Waals surface area contributed by atoms with Crippen LogP contribution in [0.4, 0.5) is 0 Å². The maximum Gasteiger partial charge on any atom is 0.308 e. The topological polar surface area (TPSA) is 50.2 Å². The Kier molecular flexibility index (Phi) is 5.55. The van der Waals surface area contributed by atoms with Gasteiger partial charge in [-0.15, -0.1) is 17.9 Å². The SMILES string of the molecule is C=CCCCSc1nc(C)c(CC(=O)O)s1. The monoisotopic (exact) mass is 257 g/mol. The lowest BCUT2D eigenvalue weighted by Crippen LogP contribution is -1.99. The molecule has 0 amide bonds. The Labute approximate surface area is 104 Å². The summed E-state index contributed by atoms with van der Waals surface area (Å²) < 4.78 is 0.970. The van der Waals surface area contributed by atoms with E-state index in [0.717, 1.165) is 33.5 Å². The van der Waals surface area contributed by atoms with Crippen LogP contribution >= 0.6 is 23.1 Å². The minimum atomic E-state index is -0.796. The third-order valence-corrected chi connectivity index (χ3v) is 4.35. The molecular formula is C11H15NO2S2. The van der Waals surface area contributed by atoms with Gasteiger partial charge in [0.25, 0.3) is 0 Å². The minimum absolute atomic E-state index is 0.0801. The van der Waals surface area contributed by atoms with Crippen LogP contribution in [-0.4, -0.2) is 21.8 Å². The summed E-state index contributed by atoms with van der Waals surface area (Å²) in [5.41, 5.74) is 0.846. The predicted molar refractivity (Wildman–Crippen MR) is 68.3 cm³/mol. The van der Waals surface area contributed by atoms with Crippen LogP contribution in [0, 0.1) is 6.92 Å². The maximum absolute atomic E-state index is 10.6. The first-order valence-electron chi connectivity index (χ1n) is 5.05. The summed E-state index contributed by atoms with van der Waals surface area (Å²) in [5, 5.41) is 8.71. The normalized spacial score (nSPS) is 10.3. The number of aliphatic carboxylic acids is 1. The maximum atomic E-state index is 10.6. The molecule has 0 saturated carbocycles. The average molecular weight is 257 g/mol. The summed E-state index contributed by atoms with van der Waals surface area (Å²) in [6.45, 7) is 5.53. The van der Waals surface area contributed by atoms with Crippen molar-refractivity contribution in [2.24, 2.45) is 0 Å². The molecule has 88 valence electrons. The van der Waals surface area contributed by atoms with E-state index in [2.05, 4.69) is 11.6 Å². The molecule has 3 nitrogen and oxygen atoms in total. The van der Waals surface area contributed by atoms with Crippen molar-refractivity contribution in [3.8, 4) is 0 Å². The van der Waals surface area contributed by atoms with Crippen LogP contribution in [0.5, 0.6) is 0 Å². The van der Waals surface area contributed by atoms with Gasteiger partial charge >= 0.3 is 5.97 Å². The summed E-state index contributed by atoms with van der Waals surface area (Å²) in [7, 11) is 0. The zero-order chi connectivity index (χ0) is 12.0. The molecule has 1 aromatic heterocycles. The quantitative estimate of drug-likeness (QED) is 0.463. The molecule has 16 heavy (non-hydrogen) atoms. The third-order valence-electron chi connectivity index (χ3n) is 1.96. The number of rotatable bonds is 7. The second-order valence-corrected chi connectivity index (χ2v) is 5.76. The molecule has 0 spiro atoms. The van der Waals surface area contributed by atoms with Gasteiger partial charge in [-0.3, -0.25) is 4.79 Å². The molecule has 0 saturated heterocycles. The zero-order valence-electron chi connectivity index (χ0n) is 9.23. The second kappa shape index (κ2) is 6.70. The van der Waals surface area contributed by atoms with E-state index in [0.29, 0.717) is 0 Å². The van der Waals surface area contributed by atoms with E-state index in [1.807, 2.05) is 13.0 Å². The molecule has 5 heteroatoms. The van der Waals surface area contributed by atoms with E-state index >= 15 is 0 Å². The first-order valence-corrected chi connectivity index (χ1v) is 6.85. The highest BCUT2D eigenvalue weighted by Gasteiger charge is 2.10. The number of aryl methyl sites for hydroxylation is 1. The number of unbranched alkanes of at least 4 members (excludes halogenated alkanes) is 1. The van der Waals surface area contributed by atoms with Gasteiger partial charge in [-0.25, -0.2) is 4.98 Å². The van der Waals surface area contributed by atoms with E-state index in [1.165, 1.54) is 11.3 Å². The number of carbonyl (C=O) groups is 1. The Morgan fingerprint density at radius 2 is 2.44 bits per heavy atom. The van der Waals surface area contributed by atoms with Gasteiger partial charge in [0, 0.05) is 10.6 Å². The lowest BCUT2D eigenvalue weighted by atomic mass is 10.3. The summed E-state index contributed by atoms with van der Waals surface area (Å²) >= 11 is 3.18. The number of carboxylic acids is 1. The van der Waals surface area contributed by atoms with Crippen LogP contribution in [0.3, 0.4) is 0 Å². The first kappa shape index (κ1) is 13.3. The number of thiazole rings is 1. The predicted octanol–water partition coefficient (Wildman–Crippen LogP) is 3.14. The number of hydrogen-bond donors (Lipinski definition) is 1. The lowest BCUT2D eigenvalue weighted by Gasteiger charge is -1.93. The molecule has 1 aromatic rings. The molecule has 0 atom stereocenters. The molecule has 1 heterocycles. The van der Waals surface area contributed by atoms with Crippen LogP contribution in [0.25, 0.3) is 0 Å². The van der Waals surface area contributed by atoms with Gasteiger partial charge in [-0.05, 0) is 19.8 Å². The smallest absolute Gasteiger partial charge is 0.308 e. The van der Waals surface area contributed by atoms with E-state index in [9.17, 15) is 4.79 Å².